The molecule has 2 fully saturated rings. The molecular formula is C21H29F3N4O2. The zero-order valence-electron chi connectivity index (χ0n) is 17.3. The third-order valence-electron chi connectivity index (χ3n) is 5.71. The lowest BCUT2D eigenvalue weighted by Gasteiger charge is -2.25. The fourth-order valence-electron chi connectivity index (χ4n) is 4.09. The van der Waals surface area contributed by atoms with Crippen molar-refractivity contribution in [2.75, 3.05) is 27.2 Å². The molecule has 1 amide bonds. The van der Waals surface area contributed by atoms with Crippen molar-refractivity contribution >= 4 is 11.9 Å². The van der Waals surface area contributed by atoms with Crippen LogP contribution in [0, 0.1) is 11.8 Å². The normalized spacial score (nSPS) is 23.4. The summed E-state index contributed by atoms with van der Waals surface area (Å²) in [5.74, 6) is 2.12. The number of carbonyl (C=O) groups is 1. The van der Waals surface area contributed by atoms with E-state index in [-0.39, 0.29) is 18.2 Å². The van der Waals surface area contributed by atoms with Gasteiger partial charge < -0.3 is 20.3 Å². The van der Waals surface area contributed by atoms with Crippen molar-refractivity contribution in [1.29, 1.82) is 0 Å². The van der Waals surface area contributed by atoms with E-state index in [1.807, 2.05) is 0 Å². The van der Waals surface area contributed by atoms with Gasteiger partial charge in [0.2, 0.25) is 5.91 Å². The molecule has 0 spiro atoms. The molecule has 0 aliphatic heterocycles. The maximum Gasteiger partial charge on any atom is 0.422 e. The molecule has 3 unspecified atom stereocenters. The zero-order valence-corrected chi connectivity index (χ0v) is 17.3. The third-order valence-corrected chi connectivity index (χ3v) is 5.71. The second-order valence-electron chi connectivity index (χ2n) is 8.28. The molecule has 2 saturated carbocycles. The van der Waals surface area contributed by atoms with Crippen LogP contribution >= 0.6 is 0 Å². The van der Waals surface area contributed by atoms with Gasteiger partial charge in [-0.1, -0.05) is 18.6 Å². The predicted octanol–water partition coefficient (Wildman–Crippen LogP) is 2.94. The Bertz CT molecular complexity index is 750. The number of guanidine groups is 1. The Morgan fingerprint density at radius 3 is 2.50 bits per heavy atom. The summed E-state index contributed by atoms with van der Waals surface area (Å²) in [5, 5.41) is 6.58. The van der Waals surface area contributed by atoms with Gasteiger partial charge in [0.15, 0.2) is 12.6 Å². The van der Waals surface area contributed by atoms with Gasteiger partial charge in [-0.3, -0.25) is 4.79 Å². The molecule has 2 aliphatic carbocycles. The number of ether oxygens (including phenoxy) is 1. The zero-order chi connectivity index (χ0) is 21.7. The lowest BCUT2D eigenvalue weighted by molar-refractivity contribution is -0.153. The van der Waals surface area contributed by atoms with Crippen LogP contribution in [0.3, 0.4) is 0 Å². The van der Waals surface area contributed by atoms with Crippen LogP contribution in [0.5, 0.6) is 5.75 Å². The second-order valence-corrected chi connectivity index (χ2v) is 8.28. The number of nitrogens with zero attached hydrogens (tertiary/aromatic N) is 2. The van der Waals surface area contributed by atoms with Gasteiger partial charge in [-0.25, -0.2) is 4.99 Å². The van der Waals surface area contributed by atoms with E-state index >= 15 is 0 Å². The SMILES string of the molecule is CN(C)C(=O)CNC(=NCc1ccc(OCC(F)(F)F)cc1)NC1CC2CCC1C2. The molecule has 1 aromatic carbocycles. The van der Waals surface area contributed by atoms with E-state index in [2.05, 4.69) is 15.6 Å². The minimum atomic E-state index is -4.36. The molecule has 1 aromatic rings. The van der Waals surface area contributed by atoms with Crippen LogP contribution in [0.1, 0.15) is 31.2 Å². The maximum atomic E-state index is 12.2. The Kier molecular flexibility index (Phi) is 7.10. The fourth-order valence-corrected chi connectivity index (χ4v) is 4.09. The minimum absolute atomic E-state index is 0.0522. The summed E-state index contributed by atoms with van der Waals surface area (Å²) < 4.78 is 41.5. The summed E-state index contributed by atoms with van der Waals surface area (Å²) in [5.41, 5.74) is 0.835. The molecular weight excluding hydrogens is 397 g/mol. The molecule has 2 bridgehead atoms. The number of alkyl halides is 3. The highest BCUT2D eigenvalue weighted by atomic mass is 19.4. The maximum absolute atomic E-state index is 12.2. The monoisotopic (exact) mass is 426 g/mol. The van der Waals surface area contributed by atoms with Crippen molar-refractivity contribution in [3.8, 4) is 5.75 Å². The summed E-state index contributed by atoms with van der Waals surface area (Å²) in [7, 11) is 3.40. The van der Waals surface area contributed by atoms with E-state index in [1.54, 1.807) is 26.2 Å². The number of hydrogen-bond acceptors (Lipinski definition) is 3. The first-order valence-corrected chi connectivity index (χ1v) is 10.2. The van der Waals surface area contributed by atoms with E-state index in [1.165, 1.54) is 36.3 Å². The molecule has 0 heterocycles. The highest BCUT2D eigenvalue weighted by molar-refractivity contribution is 5.86. The number of amides is 1. The van der Waals surface area contributed by atoms with Gasteiger partial charge in [0, 0.05) is 20.1 Å². The summed E-state index contributed by atoms with van der Waals surface area (Å²) >= 11 is 0. The van der Waals surface area contributed by atoms with Crippen molar-refractivity contribution in [1.82, 2.24) is 15.5 Å². The second kappa shape index (κ2) is 9.57. The van der Waals surface area contributed by atoms with Gasteiger partial charge in [0.25, 0.3) is 0 Å². The van der Waals surface area contributed by atoms with E-state index in [0.29, 0.717) is 24.5 Å². The predicted molar refractivity (Wildman–Crippen MR) is 108 cm³/mol. The molecule has 2 N–H and O–H groups in total. The molecule has 3 rings (SSSR count). The van der Waals surface area contributed by atoms with Crippen LogP contribution in [0.15, 0.2) is 29.3 Å². The van der Waals surface area contributed by atoms with E-state index in [0.717, 1.165) is 17.9 Å². The molecule has 0 aromatic heterocycles. The molecule has 0 radical (unpaired) electrons. The highest BCUT2D eigenvalue weighted by Gasteiger charge is 2.39. The Morgan fingerprint density at radius 1 is 1.20 bits per heavy atom. The van der Waals surface area contributed by atoms with Crippen molar-refractivity contribution < 1.29 is 22.7 Å². The van der Waals surface area contributed by atoms with Crippen molar-refractivity contribution in [2.24, 2.45) is 16.8 Å². The first kappa shape index (κ1) is 22.2. The number of likely N-dealkylation sites (N-methyl/N-ethyl adjacent to an activating group) is 1. The summed E-state index contributed by atoms with van der Waals surface area (Å²) in [4.78, 5) is 18.0. The molecule has 30 heavy (non-hydrogen) atoms. The van der Waals surface area contributed by atoms with Crippen molar-refractivity contribution in [3.63, 3.8) is 0 Å². The Balaban J connectivity index is 1.59. The number of hydrogen-bond donors (Lipinski definition) is 2. The summed E-state index contributed by atoms with van der Waals surface area (Å²) in [6, 6.07) is 6.75. The van der Waals surface area contributed by atoms with Crippen LogP contribution in [0.25, 0.3) is 0 Å². The average molecular weight is 426 g/mol. The number of nitrogens with one attached hydrogen (secondary N) is 2. The lowest BCUT2D eigenvalue weighted by atomic mass is 9.95. The smallest absolute Gasteiger partial charge is 0.422 e. The fraction of sp³-hybridized carbons (Fsp3) is 0.619. The largest absolute Gasteiger partial charge is 0.484 e. The van der Waals surface area contributed by atoms with E-state index in [9.17, 15) is 18.0 Å². The number of fused-ring (bicyclic) bond motifs is 2. The Labute approximate surface area is 174 Å². The van der Waals surface area contributed by atoms with E-state index < -0.39 is 12.8 Å². The number of halogens is 3. The van der Waals surface area contributed by atoms with Crippen LogP contribution in [-0.2, 0) is 11.3 Å². The van der Waals surface area contributed by atoms with Crippen LogP contribution in [-0.4, -0.2) is 56.2 Å². The molecule has 0 saturated heterocycles. The minimum Gasteiger partial charge on any atom is -0.484 e. The molecule has 2 aliphatic rings. The number of carbonyl (C=O) groups excluding carboxylic acids is 1. The van der Waals surface area contributed by atoms with Crippen LogP contribution in [0.2, 0.25) is 0 Å². The first-order chi connectivity index (χ1) is 14.2. The first-order valence-electron chi connectivity index (χ1n) is 10.2. The summed E-state index contributed by atoms with van der Waals surface area (Å²) in [6.07, 6.45) is 0.536. The van der Waals surface area contributed by atoms with Gasteiger partial charge in [-0.15, -0.1) is 0 Å². The average Bonchev–Trinajstić information content (AvgIpc) is 3.31. The lowest BCUT2D eigenvalue weighted by Crippen LogP contribution is -2.48. The molecule has 6 nitrogen and oxygen atoms in total. The highest BCUT2D eigenvalue weighted by Crippen LogP contribution is 2.44. The van der Waals surface area contributed by atoms with Gasteiger partial charge in [0.1, 0.15) is 5.75 Å². The Hall–Kier alpha value is -2.45. The van der Waals surface area contributed by atoms with Gasteiger partial charge in [-0.05, 0) is 48.8 Å². The topological polar surface area (TPSA) is 66.0 Å². The number of rotatable bonds is 7. The van der Waals surface area contributed by atoms with Gasteiger partial charge >= 0.3 is 6.18 Å². The molecule has 3 atom stereocenters. The van der Waals surface area contributed by atoms with E-state index in [4.69, 9.17) is 4.74 Å². The van der Waals surface area contributed by atoms with Crippen molar-refractivity contribution in [2.45, 2.75) is 44.4 Å². The third kappa shape index (κ3) is 6.53. The quantitative estimate of drug-likeness (QED) is 0.520. The number of benzene rings is 1. The number of aliphatic imine (C=N–C) groups is 1. The summed E-state index contributed by atoms with van der Waals surface area (Å²) in [6.45, 7) is -0.832. The van der Waals surface area contributed by atoms with Crippen LogP contribution in [0.4, 0.5) is 13.2 Å². The molecule has 9 heteroatoms. The standard InChI is InChI=1S/C21H29F3N4O2/c1-28(2)19(29)12-26-20(27-18-10-15-3-6-16(18)9-15)25-11-14-4-7-17(8-5-14)30-13-21(22,23)24/h4-5,7-8,15-16,18H,3,6,9-13H2,1-2H3,(H2,25,26,27). The van der Waals surface area contributed by atoms with Gasteiger partial charge in [-0.2, -0.15) is 13.2 Å². The van der Waals surface area contributed by atoms with Crippen LogP contribution < -0.4 is 15.4 Å². The van der Waals surface area contributed by atoms with Gasteiger partial charge in [0.05, 0.1) is 13.1 Å². The van der Waals surface area contributed by atoms with Crippen molar-refractivity contribution in [3.05, 3.63) is 29.8 Å². The Morgan fingerprint density at radius 2 is 1.93 bits per heavy atom. The molecule has 166 valence electrons.